The smallest absolute Gasteiger partial charge is 0.223 e. The van der Waals surface area contributed by atoms with Gasteiger partial charge in [-0.15, -0.1) is 21.5 Å². The minimum Gasteiger partial charge on any atom is -0.345 e. The van der Waals surface area contributed by atoms with E-state index in [0.717, 1.165) is 57.5 Å². The Morgan fingerprint density at radius 1 is 1.10 bits per heavy atom. The van der Waals surface area contributed by atoms with E-state index >= 15 is 0 Å². The monoisotopic (exact) mass is 583 g/mol. The fourth-order valence-corrected chi connectivity index (χ4v) is 5.89. The Balaban J connectivity index is 1.36. The predicted octanol–water partition coefficient (Wildman–Crippen LogP) is 4.78. The summed E-state index contributed by atoms with van der Waals surface area (Å²) in [6.45, 7) is 6.95. The van der Waals surface area contributed by atoms with E-state index in [2.05, 4.69) is 58.0 Å². The van der Waals surface area contributed by atoms with Crippen LogP contribution in [0.25, 0.3) is 5.00 Å². The van der Waals surface area contributed by atoms with Crippen LogP contribution in [0.1, 0.15) is 69.9 Å². The van der Waals surface area contributed by atoms with Crippen LogP contribution in [0.2, 0.25) is 5.02 Å². The molecule has 0 bridgehead atoms. The van der Waals surface area contributed by atoms with Crippen molar-refractivity contribution in [3.05, 3.63) is 86.0 Å². The van der Waals surface area contributed by atoms with Crippen molar-refractivity contribution in [2.75, 3.05) is 13.1 Å². The van der Waals surface area contributed by atoms with Crippen LogP contribution in [0.15, 0.2) is 41.4 Å². The third-order valence-electron chi connectivity index (χ3n) is 6.75. The van der Waals surface area contributed by atoms with E-state index in [1.165, 1.54) is 4.88 Å². The van der Waals surface area contributed by atoms with E-state index in [-0.39, 0.29) is 18.9 Å². The van der Waals surface area contributed by atoms with E-state index < -0.39 is 6.04 Å². The van der Waals surface area contributed by atoms with Gasteiger partial charge in [-0.1, -0.05) is 35.6 Å². The first-order chi connectivity index (χ1) is 19.9. The molecule has 1 aromatic carbocycles. The summed E-state index contributed by atoms with van der Waals surface area (Å²) in [6, 6.07) is 10.9. The molecule has 4 aromatic rings. The Kier molecular flexibility index (Phi) is 8.70. The average Bonchev–Trinajstić information content (AvgIpc) is 3.62. The first kappa shape index (κ1) is 28.4. The van der Waals surface area contributed by atoms with Gasteiger partial charge in [0.05, 0.1) is 30.1 Å². The molecule has 1 atom stereocenters. The van der Waals surface area contributed by atoms with Crippen molar-refractivity contribution < 1.29 is 4.79 Å². The van der Waals surface area contributed by atoms with Crippen LogP contribution in [-0.4, -0.2) is 44.5 Å². The lowest BCUT2D eigenvalue weighted by Gasteiger charge is -2.12. The molecule has 0 saturated carbocycles. The highest BCUT2D eigenvalue weighted by atomic mass is 35.5. The van der Waals surface area contributed by atoms with E-state index in [0.29, 0.717) is 17.4 Å². The molecule has 0 saturated heterocycles. The lowest BCUT2D eigenvalue weighted by molar-refractivity contribution is -0.121. The zero-order chi connectivity index (χ0) is 28.9. The van der Waals surface area contributed by atoms with Gasteiger partial charge in [-0.3, -0.25) is 14.4 Å². The molecule has 0 unspecified atom stereocenters. The van der Waals surface area contributed by atoms with Crippen LogP contribution in [0.5, 0.6) is 0 Å². The Labute approximate surface area is 248 Å². The second-order valence-electron chi connectivity index (χ2n) is 9.67. The topological polar surface area (TPSA) is 114 Å². The fraction of sp³-hybridized carbons (Fsp3) is 0.290. The van der Waals surface area contributed by atoms with Crippen molar-refractivity contribution in [1.82, 2.24) is 25.1 Å². The Hall–Kier alpha value is -4.15. The van der Waals surface area contributed by atoms with Crippen LogP contribution in [0.3, 0.4) is 0 Å². The van der Waals surface area contributed by atoms with Crippen LogP contribution in [0, 0.1) is 44.5 Å². The quantitative estimate of drug-likeness (QED) is 0.224. The molecular formula is C31H30ClN7OS. The molecule has 4 N–H and O–H groups in total. The number of nitrogens with one attached hydrogen (secondary N) is 2. The number of hydrogen-bond acceptors (Lipinski definition) is 6. The van der Waals surface area contributed by atoms with Gasteiger partial charge in [0.15, 0.2) is 5.82 Å². The van der Waals surface area contributed by atoms with Crippen LogP contribution >= 0.6 is 22.9 Å². The molecule has 3 aromatic heterocycles. The number of aryl methyl sites for hydroxylation is 2. The zero-order valence-corrected chi connectivity index (χ0v) is 24.7. The zero-order valence-electron chi connectivity index (χ0n) is 23.1. The van der Waals surface area contributed by atoms with E-state index in [4.69, 9.17) is 22.3 Å². The van der Waals surface area contributed by atoms with Crippen molar-refractivity contribution >= 4 is 34.6 Å². The largest absolute Gasteiger partial charge is 0.345 e. The van der Waals surface area contributed by atoms with Crippen LogP contribution in [0.4, 0.5) is 0 Å². The molecule has 0 radical (unpaired) electrons. The van der Waals surface area contributed by atoms with Crippen molar-refractivity contribution in [3.63, 3.8) is 0 Å². The molecule has 4 heterocycles. The maximum atomic E-state index is 13.1. The van der Waals surface area contributed by atoms with Crippen molar-refractivity contribution in [3.8, 4) is 28.7 Å². The Morgan fingerprint density at radius 3 is 2.56 bits per heavy atom. The predicted molar refractivity (Wildman–Crippen MR) is 164 cm³/mol. The molecule has 5 rings (SSSR count). The molecule has 8 nitrogen and oxygen atoms in total. The van der Waals surface area contributed by atoms with Gasteiger partial charge >= 0.3 is 0 Å². The second kappa shape index (κ2) is 12.6. The molecule has 208 valence electrons. The van der Waals surface area contributed by atoms with Crippen molar-refractivity contribution in [2.45, 2.75) is 46.1 Å². The van der Waals surface area contributed by atoms with Gasteiger partial charge in [-0.25, -0.2) is 0 Å². The molecule has 1 amide bonds. The number of rotatable bonds is 6. The van der Waals surface area contributed by atoms with Gasteiger partial charge in [0, 0.05) is 27.4 Å². The first-order valence-electron chi connectivity index (χ1n) is 13.4. The summed E-state index contributed by atoms with van der Waals surface area (Å²) in [5.41, 5.74) is 11.0. The number of aromatic nitrogens is 4. The fourth-order valence-electron chi connectivity index (χ4n) is 4.55. The number of unbranched alkanes of at least 4 members (excludes halogenated alkanes) is 1. The molecule has 10 heteroatoms. The molecule has 1 aliphatic heterocycles. The number of nitrogens with zero attached hydrogens (tertiary/aromatic N) is 4. The number of nitrogens with two attached hydrogens (primary N) is 1. The molecule has 1 aliphatic rings. The number of benzene rings is 1. The number of aromatic amines is 1. The van der Waals surface area contributed by atoms with Gasteiger partial charge in [0.1, 0.15) is 16.9 Å². The SMILES string of the molecule is Cc1sc2c(c1C)C(c1ccc(Cl)cc1)=N[C@@H](CC(=O)NCC#Cc1ccc(C#CCCCN)[nH]1)c1nnc(C)n1-2. The van der Waals surface area contributed by atoms with Gasteiger partial charge in [0.2, 0.25) is 5.91 Å². The van der Waals surface area contributed by atoms with Gasteiger partial charge in [-0.2, -0.15) is 0 Å². The summed E-state index contributed by atoms with van der Waals surface area (Å²) < 4.78 is 2.03. The summed E-state index contributed by atoms with van der Waals surface area (Å²) in [7, 11) is 0. The summed E-state index contributed by atoms with van der Waals surface area (Å²) in [5, 5.41) is 13.4. The number of hydrogen-bond donors (Lipinski definition) is 3. The molecule has 41 heavy (non-hydrogen) atoms. The third kappa shape index (κ3) is 6.28. The summed E-state index contributed by atoms with van der Waals surface area (Å²) in [6.07, 6.45) is 1.74. The maximum absolute atomic E-state index is 13.1. The molecule has 0 fully saturated rings. The van der Waals surface area contributed by atoms with Crippen LogP contribution in [-0.2, 0) is 4.79 Å². The highest BCUT2D eigenvalue weighted by Gasteiger charge is 2.32. The summed E-state index contributed by atoms with van der Waals surface area (Å²) >= 11 is 7.87. The Bertz CT molecular complexity index is 1740. The van der Waals surface area contributed by atoms with Crippen LogP contribution < -0.4 is 11.1 Å². The number of carbonyl (C=O) groups is 1. The van der Waals surface area contributed by atoms with Gasteiger partial charge in [-0.05, 0) is 75.4 Å². The number of carbonyl (C=O) groups excluding carboxylic acids is 1. The lowest BCUT2D eigenvalue weighted by Crippen LogP contribution is -2.25. The summed E-state index contributed by atoms with van der Waals surface area (Å²) in [4.78, 5) is 22.6. The number of amides is 1. The minimum atomic E-state index is -0.530. The highest BCUT2D eigenvalue weighted by molar-refractivity contribution is 7.15. The number of fused-ring (bicyclic) bond motifs is 3. The number of H-pyrrole nitrogens is 1. The van der Waals surface area contributed by atoms with Gasteiger partial charge in [0.25, 0.3) is 0 Å². The average molecular weight is 584 g/mol. The molecule has 0 aliphatic carbocycles. The third-order valence-corrected chi connectivity index (χ3v) is 8.19. The normalized spacial score (nSPS) is 13.6. The number of halogens is 1. The highest BCUT2D eigenvalue weighted by Crippen LogP contribution is 2.39. The lowest BCUT2D eigenvalue weighted by atomic mass is 9.99. The van der Waals surface area contributed by atoms with Crippen molar-refractivity contribution in [1.29, 1.82) is 0 Å². The molecular weight excluding hydrogens is 554 g/mol. The minimum absolute atomic E-state index is 0.106. The van der Waals surface area contributed by atoms with Crippen molar-refractivity contribution in [2.24, 2.45) is 10.7 Å². The van der Waals surface area contributed by atoms with Gasteiger partial charge < -0.3 is 16.0 Å². The maximum Gasteiger partial charge on any atom is 0.223 e. The van der Waals surface area contributed by atoms with E-state index in [1.807, 2.05) is 47.9 Å². The molecule has 0 spiro atoms. The Morgan fingerprint density at radius 2 is 1.83 bits per heavy atom. The standard InChI is InChI=1S/C31H30ClN7OS/c1-19-20(2)41-31-28(19)29(22-10-12-23(32)13-11-22)36-26(30-38-37-21(3)39(30)31)18-27(40)34-17-7-9-25-15-14-24(35-25)8-5-4-6-16-33/h10-15,26,35H,4,6,16-18,33H2,1-3H3,(H,34,40)/t26-/m0/s1. The van der Waals surface area contributed by atoms with E-state index in [9.17, 15) is 4.79 Å². The van der Waals surface area contributed by atoms with E-state index in [1.54, 1.807) is 11.3 Å². The number of thiophene rings is 1. The first-order valence-corrected chi connectivity index (χ1v) is 14.5. The second-order valence-corrected chi connectivity index (χ2v) is 11.3. The summed E-state index contributed by atoms with van der Waals surface area (Å²) in [5.74, 6) is 13.4. The number of aliphatic imine (C=N–C) groups is 1.